The molecule has 3 nitrogen and oxygen atoms in total. The predicted octanol–water partition coefficient (Wildman–Crippen LogP) is 4.68. The second-order valence-electron chi connectivity index (χ2n) is 6.31. The zero-order valence-corrected chi connectivity index (χ0v) is 14.3. The molecule has 4 rings (SSSR count). The van der Waals surface area contributed by atoms with Crippen molar-refractivity contribution in [1.29, 1.82) is 0 Å². The van der Waals surface area contributed by atoms with Crippen LogP contribution in [-0.4, -0.2) is 10.9 Å². The maximum absolute atomic E-state index is 12.9. The van der Waals surface area contributed by atoms with Crippen molar-refractivity contribution in [2.75, 3.05) is 5.32 Å². The Morgan fingerprint density at radius 3 is 2.16 bits per heavy atom. The first kappa shape index (κ1) is 15.9. The summed E-state index contributed by atoms with van der Waals surface area (Å²) in [5.41, 5.74) is 2.06. The fraction of sp³-hybridized carbons (Fsp3) is 0.143. The van der Waals surface area contributed by atoms with Crippen molar-refractivity contribution in [3.8, 4) is 0 Å². The fourth-order valence-corrected chi connectivity index (χ4v) is 3.70. The first-order chi connectivity index (χ1) is 12.2. The number of aromatic nitrogens is 1. The van der Waals surface area contributed by atoms with Crippen molar-refractivity contribution in [2.45, 2.75) is 11.8 Å². The number of nitrogens with zero attached hydrogens (tertiary/aromatic N) is 1. The van der Waals surface area contributed by atoms with Crippen LogP contribution in [0.5, 0.6) is 0 Å². The van der Waals surface area contributed by atoms with Gasteiger partial charge in [0.15, 0.2) is 0 Å². The molecule has 0 saturated heterocycles. The first-order valence-electron chi connectivity index (χ1n) is 8.23. The van der Waals surface area contributed by atoms with Crippen LogP contribution >= 0.6 is 11.6 Å². The smallest absolute Gasteiger partial charge is 0.229 e. The summed E-state index contributed by atoms with van der Waals surface area (Å²) in [6.07, 6.45) is 2.37. The second-order valence-corrected chi connectivity index (χ2v) is 6.75. The Morgan fingerprint density at radius 2 is 1.60 bits per heavy atom. The molecule has 0 aliphatic heterocycles. The zero-order chi connectivity index (χ0) is 17.3. The van der Waals surface area contributed by atoms with Crippen molar-refractivity contribution in [1.82, 2.24) is 4.98 Å². The van der Waals surface area contributed by atoms with Crippen LogP contribution < -0.4 is 5.32 Å². The molecule has 124 valence electrons. The molecule has 1 atom stereocenters. The molecule has 4 heteroatoms. The van der Waals surface area contributed by atoms with E-state index >= 15 is 0 Å². The summed E-state index contributed by atoms with van der Waals surface area (Å²) in [6.45, 7) is 0. The van der Waals surface area contributed by atoms with Gasteiger partial charge < -0.3 is 5.32 Å². The van der Waals surface area contributed by atoms with Gasteiger partial charge in [-0.05, 0) is 29.7 Å². The Labute approximate surface area is 151 Å². The minimum atomic E-state index is -0.273. The highest BCUT2D eigenvalue weighted by atomic mass is 35.5. The number of carbonyl (C=O) groups excluding carboxylic acids is 1. The standard InChI is InChI=1S/C21H17ClN2O/c22-17-11-12-23-19(13-17)24-20(25)18-14-21(18,15-7-3-1-4-8-15)16-9-5-2-6-10-16/h1-13,18H,14H2,(H,23,24,25)/t18-/m0/s1. The Kier molecular flexibility index (Phi) is 4.02. The van der Waals surface area contributed by atoms with E-state index in [9.17, 15) is 4.79 Å². The highest BCUT2D eigenvalue weighted by Gasteiger charge is 2.60. The van der Waals surface area contributed by atoms with Crippen LogP contribution in [0.1, 0.15) is 17.5 Å². The van der Waals surface area contributed by atoms with Gasteiger partial charge in [-0.3, -0.25) is 4.79 Å². The van der Waals surface area contributed by atoms with Crippen LogP contribution in [-0.2, 0) is 10.2 Å². The van der Waals surface area contributed by atoms with Gasteiger partial charge in [0.05, 0.1) is 5.92 Å². The van der Waals surface area contributed by atoms with Gasteiger partial charge in [-0.2, -0.15) is 0 Å². The van der Waals surface area contributed by atoms with Crippen LogP contribution in [0.2, 0.25) is 5.02 Å². The minimum absolute atomic E-state index is 0.0255. The van der Waals surface area contributed by atoms with E-state index in [0.29, 0.717) is 10.8 Å². The van der Waals surface area contributed by atoms with Gasteiger partial charge in [0.2, 0.25) is 5.91 Å². The van der Waals surface area contributed by atoms with Gasteiger partial charge >= 0.3 is 0 Å². The van der Waals surface area contributed by atoms with Crippen LogP contribution in [0.25, 0.3) is 0 Å². The minimum Gasteiger partial charge on any atom is -0.310 e. The lowest BCUT2D eigenvalue weighted by Gasteiger charge is -2.19. The summed E-state index contributed by atoms with van der Waals surface area (Å²) in [5.74, 6) is 0.333. The van der Waals surface area contributed by atoms with Gasteiger partial charge in [0.25, 0.3) is 0 Å². The van der Waals surface area contributed by atoms with Gasteiger partial charge in [0, 0.05) is 16.6 Å². The van der Waals surface area contributed by atoms with E-state index in [-0.39, 0.29) is 17.2 Å². The van der Waals surface area contributed by atoms with Gasteiger partial charge in [-0.25, -0.2) is 4.98 Å². The maximum atomic E-state index is 12.9. The third-order valence-corrected chi connectivity index (χ3v) is 5.06. The molecule has 1 heterocycles. The second kappa shape index (κ2) is 6.34. The van der Waals surface area contributed by atoms with E-state index in [0.717, 1.165) is 6.42 Å². The zero-order valence-electron chi connectivity index (χ0n) is 13.5. The van der Waals surface area contributed by atoms with Crippen LogP contribution in [0, 0.1) is 5.92 Å². The fourth-order valence-electron chi connectivity index (χ4n) is 3.54. The summed E-state index contributed by atoms with van der Waals surface area (Å²) < 4.78 is 0. The molecular formula is C21H17ClN2O. The number of nitrogens with one attached hydrogen (secondary N) is 1. The van der Waals surface area contributed by atoms with Crippen molar-refractivity contribution in [3.63, 3.8) is 0 Å². The molecule has 1 aromatic heterocycles. The van der Waals surface area contributed by atoms with Crippen molar-refractivity contribution in [2.24, 2.45) is 5.92 Å². The van der Waals surface area contributed by atoms with Crippen molar-refractivity contribution >= 4 is 23.3 Å². The van der Waals surface area contributed by atoms with Gasteiger partial charge in [-0.1, -0.05) is 72.3 Å². The van der Waals surface area contributed by atoms with Gasteiger partial charge in [-0.15, -0.1) is 0 Å². The summed E-state index contributed by atoms with van der Waals surface area (Å²) >= 11 is 5.98. The monoisotopic (exact) mass is 348 g/mol. The highest BCUT2D eigenvalue weighted by molar-refractivity contribution is 6.30. The third kappa shape index (κ3) is 2.92. The Hall–Kier alpha value is -2.65. The lowest BCUT2D eigenvalue weighted by atomic mass is 9.85. The number of halogens is 1. The van der Waals surface area contributed by atoms with Crippen LogP contribution in [0.4, 0.5) is 5.82 Å². The lowest BCUT2D eigenvalue weighted by Crippen LogP contribution is -2.22. The van der Waals surface area contributed by atoms with E-state index < -0.39 is 0 Å². The van der Waals surface area contributed by atoms with E-state index in [1.54, 1.807) is 18.3 Å². The summed E-state index contributed by atoms with van der Waals surface area (Å²) in [7, 11) is 0. The Morgan fingerprint density at radius 1 is 1.00 bits per heavy atom. The quantitative estimate of drug-likeness (QED) is 0.743. The molecule has 1 aliphatic rings. The molecular weight excluding hydrogens is 332 g/mol. The normalized spacial score (nSPS) is 17.7. The third-order valence-electron chi connectivity index (χ3n) is 4.83. The number of anilines is 1. The Balaban J connectivity index is 1.65. The number of amides is 1. The van der Waals surface area contributed by atoms with E-state index in [1.165, 1.54) is 11.1 Å². The lowest BCUT2D eigenvalue weighted by molar-refractivity contribution is -0.117. The average Bonchev–Trinajstić information content (AvgIpc) is 3.40. The Bertz CT molecular complexity index is 857. The van der Waals surface area contributed by atoms with Crippen LogP contribution in [0.15, 0.2) is 79.0 Å². The summed E-state index contributed by atoms with van der Waals surface area (Å²) in [5, 5.41) is 3.46. The molecule has 1 saturated carbocycles. The van der Waals surface area contributed by atoms with E-state index in [2.05, 4.69) is 34.6 Å². The number of rotatable bonds is 4. The van der Waals surface area contributed by atoms with E-state index in [4.69, 9.17) is 11.6 Å². The molecule has 1 N–H and O–H groups in total. The number of pyridine rings is 1. The first-order valence-corrected chi connectivity index (χ1v) is 8.61. The average molecular weight is 349 g/mol. The maximum Gasteiger partial charge on any atom is 0.229 e. The number of hydrogen-bond acceptors (Lipinski definition) is 2. The molecule has 0 radical (unpaired) electrons. The molecule has 0 bridgehead atoms. The molecule has 0 unspecified atom stereocenters. The molecule has 0 spiro atoms. The van der Waals surface area contributed by atoms with Crippen molar-refractivity contribution in [3.05, 3.63) is 95.1 Å². The number of hydrogen-bond donors (Lipinski definition) is 1. The summed E-state index contributed by atoms with van der Waals surface area (Å²) in [4.78, 5) is 17.0. The van der Waals surface area contributed by atoms with E-state index in [1.807, 2.05) is 36.4 Å². The largest absolute Gasteiger partial charge is 0.310 e. The topological polar surface area (TPSA) is 42.0 Å². The number of benzene rings is 2. The highest BCUT2D eigenvalue weighted by Crippen LogP contribution is 2.59. The predicted molar refractivity (Wildman–Crippen MR) is 99.6 cm³/mol. The molecule has 2 aromatic carbocycles. The van der Waals surface area contributed by atoms with Gasteiger partial charge in [0.1, 0.15) is 5.82 Å². The molecule has 25 heavy (non-hydrogen) atoms. The number of carbonyl (C=O) groups is 1. The van der Waals surface area contributed by atoms with Crippen molar-refractivity contribution < 1.29 is 4.79 Å². The molecule has 3 aromatic rings. The van der Waals surface area contributed by atoms with Crippen LogP contribution in [0.3, 0.4) is 0 Å². The molecule has 1 fully saturated rings. The molecule has 1 aliphatic carbocycles. The SMILES string of the molecule is O=C(Nc1cc(Cl)ccn1)[C@@H]1CC1(c1ccccc1)c1ccccc1. The molecule has 1 amide bonds. The summed E-state index contributed by atoms with van der Waals surface area (Å²) in [6, 6.07) is 23.8.